The summed E-state index contributed by atoms with van der Waals surface area (Å²) < 4.78 is 5.25. The summed E-state index contributed by atoms with van der Waals surface area (Å²) in [6.07, 6.45) is 5.13. The van der Waals surface area contributed by atoms with Crippen LogP contribution in [0.5, 0.6) is 5.75 Å². The van der Waals surface area contributed by atoms with E-state index >= 15 is 0 Å². The third-order valence-electron chi connectivity index (χ3n) is 2.53. The summed E-state index contributed by atoms with van der Waals surface area (Å²) in [7, 11) is 1.55. The van der Waals surface area contributed by atoms with Crippen LogP contribution in [0.3, 0.4) is 0 Å². The number of benzene rings is 1. The zero-order valence-electron chi connectivity index (χ0n) is 10.5. The van der Waals surface area contributed by atoms with Gasteiger partial charge in [0.1, 0.15) is 10.6 Å². The molecule has 0 unspecified atom stereocenters. The zero-order valence-corrected chi connectivity index (χ0v) is 11.3. The molecular formula is C15H13NO2S. The van der Waals surface area contributed by atoms with E-state index in [1.165, 1.54) is 11.3 Å². The van der Waals surface area contributed by atoms with Gasteiger partial charge >= 0.3 is 0 Å². The number of thiophene rings is 1. The number of carbonyl (C=O) groups excluding carboxylic acids is 1. The molecule has 1 aromatic carbocycles. The minimum absolute atomic E-state index is 0.206. The van der Waals surface area contributed by atoms with Crippen LogP contribution in [0.25, 0.3) is 10.4 Å². The minimum atomic E-state index is -0.206. The molecule has 0 spiro atoms. The third kappa shape index (κ3) is 2.95. The molecule has 96 valence electrons. The number of rotatable bonds is 4. The molecule has 0 bridgehead atoms. The minimum Gasteiger partial charge on any atom is -0.495 e. The van der Waals surface area contributed by atoms with E-state index in [1.54, 1.807) is 7.11 Å². The zero-order chi connectivity index (χ0) is 13.7. The second kappa shape index (κ2) is 6.07. The van der Waals surface area contributed by atoms with E-state index in [0.717, 1.165) is 10.4 Å². The van der Waals surface area contributed by atoms with Gasteiger partial charge in [0.2, 0.25) is 0 Å². The van der Waals surface area contributed by atoms with Gasteiger partial charge in [-0.3, -0.25) is 4.79 Å². The van der Waals surface area contributed by atoms with Crippen molar-refractivity contribution in [2.45, 2.75) is 0 Å². The highest BCUT2D eigenvalue weighted by molar-refractivity contribution is 7.17. The summed E-state index contributed by atoms with van der Waals surface area (Å²) in [6, 6.07) is 11.7. The Hall–Kier alpha value is -2.25. The first-order chi connectivity index (χ1) is 9.26. The molecule has 1 heterocycles. The van der Waals surface area contributed by atoms with E-state index in [2.05, 4.69) is 11.2 Å². The van der Waals surface area contributed by atoms with E-state index in [1.807, 2.05) is 36.4 Å². The molecule has 0 radical (unpaired) electrons. The van der Waals surface area contributed by atoms with Crippen molar-refractivity contribution in [2.75, 3.05) is 13.7 Å². The van der Waals surface area contributed by atoms with E-state index < -0.39 is 0 Å². The number of hydrogen-bond donors (Lipinski definition) is 1. The van der Waals surface area contributed by atoms with Crippen LogP contribution < -0.4 is 10.1 Å². The van der Waals surface area contributed by atoms with Gasteiger partial charge in [-0.05, 0) is 11.6 Å². The molecule has 19 heavy (non-hydrogen) atoms. The molecule has 0 aliphatic heterocycles. The SMILES string of the molecule is C#CCNC(=O)c1sc(-c2ccccc2)cc1OC. The maximum absolute atomic E-state index is 12.0. The summed E-state index contributed by atoms with van der Waals surface area (Å²) in [5.41, 5.74) is 1.06. The molecule has 0 aliphatic rings. The first kappa shape index (κ1) is 13.2. The third-order valence-corrected chi connectivity index (χ3v) is 3.70. The lowest BCUT2D eigenvalue weighted by molar-refractivity contribution is 0.0960. The predicted octanol–water partition coefficient (Wildman–Crippen LogP) is 2.79. The van der Waals surface area contributed by atoms with Crippen molar-refractivity contribution in [2.24, 2.45) is 0 Å². The second-order valence-corrected chi connectivity index (χ2v) is 4.81. The number of terminal acetylenes is 1. The molecule has 0 saturated heterocycles. The van der Waals surface area contributed by atoms with Gasteiger partial charge in [0.25, 0.3) is 5.91 Å². The van der Waals surface area contributed by atoms with Gasteiger partial charge in [0.15, 0.2) is 0 Å². The highest BCUT2D eigenvalue weighted by atomic mass is 32.1. The van der Waals surface area contributed by atoms with Crippen LogP contribution in [0.15, 0.2) is 36.4 Å². The first-order valence-electron chi connectivity index (χ1n) is 5.71. The quantitative estimate of drug-likeness (QED) is 0.868. The summed E-state index contributed by atoms with van der Waals surface area (Å²) in [4.78, 5) is 13.5. The highest BCUT2D eigenvalue weighted by Crippen LogP contribution is 2.35. The average Bonchev–Trinajstić information content (AvgIpc) is 2.90. The van der Waals surface area contributed by atoms with Crippen molar-refractivity contribution >= 4 is 17.2 Å². The van der Waals surface area contributed by atoms with E-state index in [0.29, 0.717) is 10.6 Å². The fraction of sp³-hybridized carbons (Fsp3) is 0.133. The second-order valence-electron chi connectivity index (χ2n) is 3.76. The van der Waals surface area contributed by atoms with Crippen LogP contribution in [0.4, 0.5) is 0 Å². The number of nitrogens with one attached hydrogen (secondary N) is 1. The van der Waals surface area contributed by atoms with Crippen molar-refractivity contribution in [3.63, 3.8) is 0 Å². The fourth-order valence-electron chi connectivity index (χ4n) is 1.64. The van der Waals surface area contributed by atoms with E-state index in [9.17, 15) is 4.79 Å². The molecule has 0 aliphatic carbocycles. The maximum atomic E-state index is 12.0. The Morgan fingerprint density at radius 2 is 2.16 bits per heavy atom. The summed E-state index contributed by atoms with van der Waals surface area (Å²) in [5, 5.41) is 2.64. The van der Waals surface area contributed by atoms with Crippen LogP contribution in [-0.2, 0) is 0 Å². The van der Waals surface area contributed by atoms with Crippen molar-refractivity contribution in [3.8, 4) is 28.5 Å². The topological polar surface area (TPSA) is 38.3 Å². The molecular weight excluding hydrogens is 258 g/mol. The molecule has 0 saturated carbocycles. The van der Waals surface area contributed by atoms with Crippen molar-refractivity contribution in [1.29, 1.82) is 0 Å². The van der Waals surface area contributed by atoms with E-state index in [4.69, 9.17) is 11.2 Å². The van der Waals surface area contributed by atoms with Gasteiger partial charge in [-0.1, -0.05) is 36.3 Å². The van der Waals surface area contributed by atoms with Crippen molar-refractivity contribution in [3.05, 3.63) is 41.3 Å². The smallest absolute Gasteiger partial charge is 0.265 e. The van der Waals surface area contributed by atoms with Gasteiger partial charge in [0.05, 0.1) is 13.7 Å². The number of carbonyl (C=O) groups is 1. The molecule has 0 fully saturated rings. The molecule has 3 nitrogen and oxygen atoms in total. The van der Waals surface area contributed by atoms with Crippen LogP contribution in [0.1, 0.15) is 9.67 Å². The lowest BCUT2D eigenvalue weighted by Gasteiger charge is -2.01. The molecule has 0 atom stereocenters. The van der Waals surface area contributed by atoms with Crippen LogP contribution in [0.2, 0.25) is 0 Å². The Labute approximate surface area is 116 Å². The summed E-state index contributed by atoms with van der Waals surface area (Å²) >= 11 is 1.39. The molecule has 1 N–H and O–H groups in total. The lowest BCUT2D eigenvalue weighted by atomic mass is 10.2. The Kier molecular flexibility index (Phi) is 4.22. The normalized spacial score (nSPS) is 9.68. The van der Waals surface area contributed by atoms with Gasteiger partial charge in [0, 0.05) is 4.88 Å². The van der Waals surface area contributed by atoms with Crippen LogP contribution in [0, 0.1) is 12.3 Å². The largest absolute Gasteiger partial charge is 0.495 e. The van der Waals surface area contributed by atoms with Crippen LogP contribution >= 0.6 is 11.3 Å². The summed E-state index contributed by atoms with van der Waals surface area (Å²) in [5.74, 6) is 2.74. The Bertz CT molecular complexity index is 611. The number of methoxy groups -OCH3 is 1. The average molecular weight is 271 g/mol. The number of ether oxygens (including phenoxy) is 1. The molecule has 1 aromatic heterocycles. The summed E-state index contributed by atoms with van der Waals surface area (Å²) in [6.45, 7) is 0.209. The molecule has 1 amide bonds. The Morgan fingerprint density at radius 1 is 1.42 bits per heavy atom. The highest BCUT2D eigenvalue weighted by Gasteiger charge is 2.17. The monoisotopic (exact) mass is 271 g/mol. The predicted molar refractivity (Wildman–Crippen MR) is 77.5 cm³/mol. The van der Waals surface area contributed by atoms with Gasteiger partial charge in [-0.15, -0.1) is 17.8 Å². The Balaban J connectivity index is 2.33. The van der Waals surface area contributed by atoms with Crippen LogP contribution in [-0.4, -0.2) is 19.6 Å². The first-order valence-corrected chi connectivity index (χ1v) is 6.53. The lowest BCUT2D eigenvalue weighted by Crippen LogP contribution is -2.22. The maximum Gasteiger partial charge on any atom is 0.265 e. The Morgan fingerprint density at radius 3 is 2.79 bits per heavy atom. The molecule has 4 heteroatoms. The molecule has 2 aromatic rings. The van der Waals surface area contributed by atoms with Gasteiger partial charge in [-0.2, -0.15) is 0 Å². The van der Waals surface area contributed by atoms with Crippen molar-refractivity contribution in [1.82, 2.24) is 5.32 Å². The molecule has 2 rings (SSSR count). The fourth-order valence-corrected chi connectivity index (χ4v) is 2.69. The van der Waals surface area contributed by atoms with E-state index in [-0.39, 0.29) is 12.5 Å². The van der Waals surface area contributed by atoms with Gasteiger partial charge in [-0.25, -0.2) is 0 Å². The van der Waals surface area contributed by atoms with Crippen molar-refractivity contribution < 1.29 is 9.53 Å². The number of hydrogen-bond acceptors (Lipinski definition) is 3. The number of amides is 1. The standard InChI is InChI=1S/C15H13NO2S/c1-3-9-16-15(17)14-12(18-2)10-13(19-14)11-7-5-4-6-8-11/h1,4-8,10H,9H2,2H3,(H,16,17). The van der Waals surface area contributed by atoms with Gasteiger partial charge < -0.3 is 10.1 Å².